The molecule has 0 aliphatic carbocycles. The highest BCUT2D eigenvalue weighted by Crippen LogP contribution is 2.18. The molecule has 0 aromatic rings. The number of carbonyl (C=O) groups is 5. The number of aliphatic imine (C=N–C) groups is 1. The van der Waals surface area contributed by atoms with Gasteiger partial charge in [-0.1, -0.05) is 0 Å². The molecule has 1 rings (SSSR count). The monoisotopic (exact) mass is 473 g/mol. The maximum absolute atomic E-state index is 12.8. The van der Waals surface area contributed by atoms with Crippen molar-refractivity contribution in [1.29, 1.82) is 0 Å². The Bertz CT molecular complexity index is 771. The van der Waals surface area contributed by atoms with Crippen LogP contribution in [0.15, 0.2) is 4.99 Å². The van der Waals surface area contributed by atoms with E-state index in [0.29, 0.717) is 6.42 Å². The molecule has 1 heterocycles. The van der Waals surface area contributed by atoms with E-state index in [1.807, 2.05) is 0 Å². The van der Waals surface area contributed by atoms with Gasteiger partial charge in [-0.25, -0.2) is 4.79 Å². The van der Waals surface area contributed by atoms with E-state index in [0.717, 1.165) is 4.90 Å². The Balaban J connectivity index is 2.90. The van der Waals surface area contributed by atoms with Gasteiger partial charge in [-0.15, -0.1) is 0 Å². The van der Waals surface area contributed by atoms with E-state index < -0.39 is 66.9 Å². The predicted octanol–water partition coefficient (Wildman–Crippen LogP) is -4.12. The summed E-state index contributed by atoms with van der Waals surface area (Å²) in [6, 6.07) is -5.18. The number of carboxylic acids is 2. The number of amides is 3. The number of aliphatic hydroxyl groups is 1. The standard InChI is InChI=1S/C18H31N7O8/c19-9(7-13(27)28)14(29)23-10(3-1-5-22-18(20)21)15(30)24-11(8-26)16(31)25-6-2-4-12(25)17(32)33/h9-12,26H,1-8,19H2,(H,23,29)(H,24,30)(H,27,28)(H,32,33)(H4,20,21,22). The summed E-state index contributed by atoms with van der Waals surface area (Å²) in [7, 11) is 0. The summed E-state index contributed by atoms with van der Waals surface area (Å²) in [6.07, 6.45) is 0.270. The lowest BCUT2D eigenvalue weighted by atomic mass is 10.1. The zero-order chi connectivity index (χ0) is 25.1. The topological polar surface area (TPSA) is 264 Å². The van der Waals surface area contributed by atoms with Crippen LogP contribution in [0, 0.1) is 0 Å². The van der Waals surface area contributed by atoms with E-state index in [1.165, 1.54) is 0 Å². The second kappa shape index (κ2) is 13.2. The van der Waals surface area contributed by atoms with Crippen LogP contribution < -0.4 is 27.8 Å². The fourth-order valence-corrected chi connectivity index (χ4v) is 3.28. The van der Waals surface area contributed by atoms with E-state index in [9.17, 15) is 34.2 Å². The Morgan fingerprint density at radius 2 is 1.70 bits per heavy atom. The van der Waals surface area contributed by atoms with Gasteiger partial charge in [-0.2, -0.15) is 0 Å². The molecular formula is C18H31N7O8. The zero-order valence-electron chi connectivity index (χ0n) is 18.0. The molecule has 0 spiro atoms. The molecule has 3 amide bonds. The molecule has 1 aliphatic rings. The number of nitrogens with zero attached hydrogens (tertiary/aromatic N) is 2. The molecule has 4 unspecified atom stereocenters. The number of aliphatic hydroxyl groups excluding tert-OH is 1. The van der Waals surface area contributed by atoms with Crippen LogP contribution >= 0.6 is 0 Å². The van der Waals surface area contributed by atoms with Crippen molar-refractivity contribution in [3.63, 3.8) is 0 Å². The van der Waals surface area contributed by atoms with Gasteiger partial charge in [0.25, 0.3) is 0 Å². The lowest BCUT2D eigenvalue weighted by molar-refractivity contribution is -0.150. The largest absolute Gasteiger partial charge is 0.481 e. The summed E-state index contributed by atoms with van der Waals surface area (Å²) < 4.78 is 0. The van der Waals surface area contributed by atoms with Gasteiger partial charge in [0.1, 0.15) is 18.1 Å². The highest BCUT2D eigenvalue weighted by atomic mass is 16.4. The van der Waals surface area contributed by atoms with Crippen LogP contribution in [0.25, 0.3) is 0 Å². The van der Waals surface area contributed by atoms with Crippen molar-refractivity contribution in [2.45, 2.75) is 56.3 Å². The number of carbonyl (C=O) groups excluding carboxylic acids is 3. The first-order valence-corrected chi connectivity index (χ1v) is 10.3. The Hall–Kier alpha value is -3.46. The van der Waals surface area contributed by atoms with Crippen LogP contribution in [0.4, 0.5) is 0 Å². The molecule has 0 saturated carbocycles. The van der Waals surface area contributed by atoms with Gasteiger partial charge in [0.15, 0.2) is 5.96 Å². The molecule has 0 aromatic heterocycles. The van der Waals surface area contributed by atoms with Gasteiger partial charge in [-0.05, 0) is 25.7 Å². The fraction of sp³-hybridized carbons (Fsp3) is 0.667. The molecule has 1 fully saturated rings. The molecule has 15 heteroatoms. The summed E-state index contributed by atoms with van der Waals surface area (Å²) in [5, 5.41) is 32.3. The Kier molecular flexibility index (Phi) is 11.0. The first-order chi connectivity index (χ1) is 15.5. The zero-order valence-corrected chi connectivity index (χ0v) is 18.0. The molecular weight excluding hydrogens is 442 g/mol. The highest BCUT2D eigenvalue weighted by Gasteiger charge is 2.38. The van der Waals surface area contributed by atoms with Gasteiger partial charge in [0.2, 0.25) is 17.7 Å². The minimum absolute atomic E-state index is 0.00193. The molecule has 1 saturated heterocycles. The first kappa shape index (κ1) is 27.6. The van der Waals surface area contributed by atoms with Crippen molar-refractivity contribution in [3.8, 4) is 0 Å². The van der Waals surface area contributed by atoms with Crippen LogP contribution in [-0.2, 0) is 24.0 Å². The molecule has 186 valence electrons. The molecule has 0 aromatic carbocycles. The van der Waals surface area contributed by atoms with Gasteiger partial charge < -0.3 is 48.1 Å². The summed E-state index contributed by atoms with van der Waals surface area (Å²) >= 11 is 0. The second-order valence-corrected chi connectivity index (χ2v) is 7.49. The molecule has 33 heavy (non-hydrogen) atoms. The lowest BCUT2D eigenvalue weighted by Crippen LogP contribution is -2.58. The number of guanidine groups is 1. The van der Waals surface area contributed by atoms with Crippen molar-refractivity contribution in [1.82, 2.24) is 15.5 Å². The van der Waals surface area contributed by atoms with Gasteiger partial charge >= 0.3 is 11.9 Å². The Morgan fingerprint density at radius 3 is 2.24 bits per heavy atom. The quantitative estimate of drug-likeness (QED) is 0.0723. The van der Waals surface area contributed by atoms with E-state index in [4.69, 9.17) is 22.3 Å². The second-order valence-electron chi connectivity index (χ2n) is 7.49. The van der Waals surface area contributed by atoms with E-state index in [1.54, 1.807) is 0 Å². The Morgan fingerprint density at radius 1 is 1.06 bits per heavy atom. The highest BCUT2D eigenvalue weighted by molar-refractivity contribution is 5.95. The molecule has 15 nitrogen and oxygen atoms in total. The summed E-state index contributed by atoms with van der Waals surface area (Å²) in [5.74, 6) is -5.21. The predicted molar refractivity (Wildman–Crippen MR) is 113 cm³/mol. The van der Waals surface area contributed by atoms with Crippen LogP contribution in [0.5, 0.6) is 0 Å². The lowest BCUT2D eigenvalue weighted by Gasteiger charge is -2.28. The van der Waals surface area contributed by atoms with E-state index >= 15 is 0 Å². The van der Waals surface area contributed by atoms with Gasteiger partial charge in [0, 0.05) is 13.1 Å². The van der Waals surface area contributed by atoms with Crippen molar-refractivity contribution < 1.29 is 39.3 Å². The molecule has 11 N–H and O–H groups in total. The summed E-state index contributed by atoms with van der Waals surface area (Å²) in [5.41, 5.74) is 16.0. The van der Waals surface area contributed by atoms with Crippen molar-refractivity contribution in [2.24, 2.45) is 22.2 Å². The normalized spacial score (nSPS) is 18.0. The number of aliphatic carboxylic acids is 2. The smallest absolute Gasteiger partial charge is 0.326 e. The van der Waals surface area contributed by atoms with Crippen molar-refractivity contribution in [2.75, 3.05) is 19.7 Å². The summed E-state index contributed by atoms with van der Waals surface area (Å²) in [6.45, 7) is -0.523. The number of nitrogens with one attached hydrogen (secondary N) is 2. The third-order valence-electron chi connectivity index (χ3n) is 4.93. The Labute approximate surface area is 189 Å². The number of nitrogens with two attached hydrogens (primary N) is 3. The minimum atomic E-state index is -1.44. The average Bonchev–Trinajstić information content (AvgIpc) is 3.22. The van der Waals surface area contributed by atoms with Crippen LogP contribution in [0.1, 0.15) is 32.1 Å². The van der Waals surface area contributed by atoms with Crippen molar-refractivity contribution >= 4 is 35.6 Å². The minimum Gasteiger partial charge on any atom is -0.481 e. The molecule has 4 atom stereocenters. The maximum atomic E-state index is 12.8. The SMILES string of the molecule is NC(N)=NCCCC(NC(=O)C(N)CC(=O)O)C(=O)NC(CO)C(=O)N1CCCC1C(=O)O. The third-order valence-corrected chi connectivity index (χ3v) is 4.93. The number of hydrogen-bond donors (Lipinski definition) is 8. The number of likely N-dealkylation sites (tertiary alicyclic amines) is 1. The number of carboxylic acid groups (broad SMARTS) is 2. The maximum Gasteiger partial charge on any atom is 0.326 e. The summed E-state index contributed by atoms with van der Waals surface area (Å²) in [4.78, 5) is 64.7. The number of hydrogen-bond acceptors (Lipinski definition) is 8. The van der Waals surface area contributed by atoms with E-state index in [-0.39, 0.29) is 38.3 Å². The van der Waals surface area contributed by atoms with Gasteiger partial charge in [-0.3, -0.25) is 24.2 Å². The van der Waals surface area contributed by atoms with Gasteiger partial charge in [0.05, 0.1) is 19.1 Å². The van der Waals surface area contributed by atoms with Crippen molar-refractivity contribution in [3.05, 3.63) is 0 Å². The van der Waals surface area contributed by atoms with Crippen LogP contribution in [-0.4, -0.2) is 99.7 Å². The fourth-order valence-electron chi connectivity index (χ4n) is 3.28. The van der Waals surface area contributed by atoms with Crippen LogP contribution in [0.3, 0.4) is 0 Å². The first-order valence-electron chi connectivity index (χ1n) is 10.3. The molecule has 0 bridgehead atoms. The molecule has 1 aliphatic heterocycles. The third kappa shape index (κ3) is 8.89. The van der Waals surface area contributed by atoms with Crippen LogP contribution in [0.2, 0.25) is 0 Å². The number of rotatable bonds is 13. The molecule has 0 radical (unpaired) electrons. The average molecular weight is 473 g/mol. The van der Waals surface area contributed by atoms with E-state index in [2.05, 4.69) is 15.6 Å².